The van der Waals surface area contributed by atoms with Gasteiger partial charge >= 0.3 is 0 Å². The summed E-state index contributed by atoms with van der Waals surface area (Å²) in [6.07, 6.45) is 1.36. The molecule has 2 aromatic rings. The van der Waals surface area contributed by atoms with Gasteiger partial charge in [0.25, 0.3) is 11.6 Å². The number of nitrogens with zero attached hydrogens (tertiary/aromatic N) is 2. The summed E-state index contributed by atoms with van der Waals surface area (Å²) in [5.41, 5.74) is 3.36. The number of amides is 1. The SMILES string of the molecule is Cc1ccc(C(=O)N/N=C/c2ccc(Cl)cc2Cl)cc1[N+](=O)[O-]. The van der Waals surface area contributed by atoms with E-state index in [1.54, 1.807) is 25.1 Å². The number of rotatable bonds is 4. The zero-order chi connectivity index (χ0) is 17.0. The van der Waals surface area contributed by atoms with Gasteiger partial charge in [0.05, 0.1) is 16.2 Å². The van der Waals surface area contributed by atoms with Crippen LogP contribution in [-0.4, -0.2) is 17.0 Å². The van der Waals surface area contributed by atoms with Crippen LogP contribution >= 0.6 is 23.2 Å². The van der Waals surface area contributed by atoms with E-state index in [0.29, 0.717) is 21.2 Å². The number of hydrogen-bond acceptors (Lipinski definition) is 4. The predicted octanol–water partition coefficient (Wildman–Crippen LogP) is 3.97. The summed E-state index contributed by atoms with van der Waals surface area (Å²) in [5.74, 6) is -0.561. The van der Waals surface area contributed by atoms with Gasteiger partial charge in [0.1, 0.15) is 0 Å². The highest BCUT2D eigenvalue weighted by atomic mass is 35.5. The van der Waals surface area contributed by atoms with Crippen molar-refractivity contribution in [2.45, 2.75) is 6.92 Å². The zero-order valence-corrected chi connectivity index (χ0v) is 13.4. The first-order chi connectivity index (χ1) is 10.9. The van der Waals surface area contributed by atoms with Crippen LogP contribution in [0.2, 0.25) is 10.0 Å². The van der Waals surface area contributed by atoms with Crippen LogP contribution in [0, 0.1) is 17.0 Å². The van der Waals surface area contributed by atoms with Crippen molar-refractivity contribution < 1.29 is 9.72 Å². The van der Waals surface area contributed by atoms with Gasteiger partial charge in [-0.05, 0) is 25.1 Å². The lowest BCUT2D eigenvalue weighted by Crippen LogP contribution is -2.17. The van der Waals surface area contributed by atoms with E-state index >= 15 is 0 Å². The fourth-order valence-corrected chi connectivity index (χ4v) is 2.24. The highest BCUT2D eigenvalue weighted by Crippen LogP contribution is 2.20. The second kappa shape index (κ2) is 7.21. The molecule has 118 valence electrons. The standard InChI is InChI=1S/C15H11Cl2N3O3/c1-9-2-3-10(6-14(9)20(22)23)15(21)19-18-8-11-4-5-12(16)7-13(11)17/h2-8H,1H3,(H,19,21)/b18-8+. The number of nitrogens with one attached hydrogen (secondary N) is 1. The van der Waals surface area contributed by atoms with E-state index in [1.165, 1.54) is 24.4 Å². The first-order valence-electron chi connectivity index (χ1n) is 6.42. The average Bonchev–Trinajstić information content (AvgIpc) is 2.49. The molecule has 0 aliphatic carbocycles. The minimum absolute atomic E-state index is 0.123. The first kappa shape index (κ1) is 16.9. The van der Waals surface area contributed by atoms with Crippen LogP contribution in [0.5, 0.6) is 0 Å². The Labute approximate surface area is 141 Å². The monoisotopic (exact) mass is 351 g/mol. The minimum atomic E-state index is -0.561. The van der Waals surface area contributed by atoms with Crippen molar-refractivity contribution in [2.24, 2.45) is 5.10 Å². The van der Waals surface area contributed by atoms with Crippen LogP contribution in [0.3, 0.4) is 0 Å². The molecule has 0 spiro atoms. The van der Waals surface area contributed by atoms with E-state index in [1.807, 2.05) is 0 Å². The van der Waals surface area contributed by atoms with E-state index < -0.39 is 10.8 Å². The number of hydrazone groups is 1. The van der Waals surface area contributed by atoms with Crippen LogP contribution in [0.25, 0.3) is 0 Å². The van der Waals surface area contributed by atoms with Gasteiger partial charge in [-0.1, -0.05) is 35.3 Å². The van der Waals surface area contributed by atoms with Crippen LogP contribution < -0.4 is 5.43 Å². The normalized spacial score (nSPS) is 10.7. The number of benzene rings is 2. The molecule has 0 radical (unpaired) electrons. The Balaban J connectivity index is 2.12. The lowest BCUT2D eigenvalue weighted by molar-refractivity contribution is -0.385. The Morgan fingerprint density at radius 1 is 1.26 bits per heavy atom. The van der Waals surface area contributed by atoms with Crippen LogP contribution in [0.15, 0.2) is 41.5 Å². The van der Waals surface area contributed by atoms with Crippen LogP contribution in [0.4, 0.5) is 5.69 Å². The maximum atomic E-state index is 12.0. The molecule has 0 bridgehead atoms. The maximum absolute atomic E-state index is 12.0. The molecule has 8 heteroatoms. The molecule has 0 aliphatic heterocycles. The summed E-state index contributed by atoms with van der Waals surface area (Å²) in [4.78, 5) is 22.3. The Kier molecular flexibility index (Phi) is 5.31. The predicted molar refractivity (Wildman–Crippen MR) is 89.4 cm³/mol. The van der Waals surface area contributed by atoms with E-state index in [9.17, 15) is 14.9 Å². The molecule has 23 heavy (non-hydrogen) atoms. The number of hydrogen-bond donors (Lipinski definition) is 1. The molecule has 1 N–H and O–H groups in total. The van der Waals surface area contributed by atoms with Gasteiger partial charge in [-0.2, -0.15) is 5.10 Å². The van der Waals surface area contributed by atoms with Gasteiger partial charge in [0.15, 0.2) is 0 Å². The highest BCUT2D eigenvalue weighted by Gasteiger charge is 2.14. The van der Waals surface area contributed by atoms with E-state index in [0.717, 1.165) is 0 Å². The third-order valence-electron chi connectivity index (χ3n) is 3.00. The van der Waals surface area contributed by atoms with E-state index in [2.05, 4.69) is 10.5 Å². The van der Waals surface area contributed by atoms with Crippen molar-refractivity contribution in [3.05, 3.63) is 73.2 Å². The summed E-state index contributed by atoms with van der Waals surface area (Å²) < 4.78 is 0. The summed E-state index contributed by atoms with van der Waals surface area (Å²) in [7, 11) is 0. The van der Waals surface area contributed by atoms with Crippen molar-refractivity contribution in [3.63, 3.8) is 0 Å². The number of nitro groups is 1. The van der Waals surface area contributed by atoms with Gasteiger partial charge < -0.3 is 0 Å². The molecule has 6 nitrogen and oxygen atoms in total. The Bertz CT molecular complexity index is 807. The second-order valence-electron chi connectivity index (χ2n) is 4.62. The van der Waals surface area contributed by atoms with Crippen molar-refractivity contribution in [3.8, 4) is 0 Å². The molecule has 2 rings (SSSR count). The lowest BCUT2D eigenvalue weighted by atomic mass is 10.1. The molecule has 0 unspecified atom stereocenters. The third-order valence-corrected chi connectivity index (χ3v) is 3.56. The molecular formula is C15H11Cl2N3O3. The quantitative estimate of drug-likeness (QED) is 0.513. The van der Waals surface area contributed by atoms with Crippen molar-refractivity contribution in [2.75, 3.05) is 0 Å². The molecule has 0 aliphatic rings. The topological polar surface area (TPSA) is 84.6 Å². The zero-order valence-electron chi connectivity index (χ0n) is 11.9. The molecule has 0 atom stereocenters. The van der Waals surface area contributed by atoms with Gasteiger partial charge in [0.2, 0.25) is 0 Å². The Morgan fingerprint density at radius 2 is 2.00 bits per heavy atom. The second-order valence-corrected chi connectivity index (χ2v) is 5.47. The highest BCUT2D eigenvalue weighted by molar-refractivity contribution is 6.36. The molecule has 1 amide bonds. The van der Waals surface area contributed by atoms with Gasteiger partial charge in [0, 0.05) is 27.8 Å². The molecule has 0 saturated heterocycles. The average molecular weight is 352 g/mol. The van der Waals surface area contributed by atoms with Gasteiger partial charge in [-0.25, -0.2) is 5.43 Å². The van der Waals surface area contributed by atoms with E-state index in [-0.39, 0.29) is 11.3 Å². The first-order valence-corrected chi connectivity index (χ1v) is 7.17. The van der Waals surface area contributed by atoms with Crippen molar-refractivity contribution in [1.82, 2.24) is 5.43 Å². The summed E-state index contributed by atoms with van der Waals surface area (Å²) >= 11 is 11.8. The summed E-state index contributed by atoms with van der Waals surface area (Å²) in [5, 5.41) is 15.5. The van der Waals surface area contributed by atoms with Crippen LogP contribution in [-0.2, 0) is 0 Å². The minimum Gasteiger partial charge on any atom is -0.267 e. The van der Waals surface area contributed by atoms with Crippen LogP contribution in [0.1, 0.15) is 21.5 Å². The smallest absolute Gasteiger partial charge is 0.267 e. The number of carbonyl (C=O) groups is 1. The molecule has 2 aromatic carbocycles. The Hall–Kier alpha value is -2.44. The number of carbonyl (C=O) groups excluding carboxylic acids is 1. The van der Waals surface area contributed by atoms with Crippen molar-refractivity contribution >= 4 is 41.0 Å². The number of halogens is 2. The molecular weight excluding hydrogens is 341 g/mol. The van der Waals surface area contributed by atoms with Gasteiger partial charge in [-0.3, -0.25) is 14.9 Å². The fourth-order valence-electron chi connectivity index (χ4n) is 1.78. The lowest BCUT2D eigenvalue weighted by Gasteiger charge is -2.02. The third kappa shape index (κ3) is 4.28. The number of nitro benzene ring substituents is 1. The molecule has 0 aromatic heterocycles. The Morgan fingerprint density at radius 3 is 2.65 bits per heavy atom. The maximum Gasteiger partial charge on any atom is 0.273 e. The molecule has 0 heterocycles. The fraction of sp³-hybridized carbons (Fsp3) is 0.0667. The summed E-state index contributed by atoms with van der Waals surface area (Å²) in [6, 6.07) is 9.04. The van der Waals surface area contributed by atoms with Gasteiger partial charge in [-0.15, -0.1) is 0 Å². The molecule has 0 fully saturated rings. The summed E-state index contributed by atoms with van der Waals surface area (Å²) in [6.45, 7) is 1.60. The largest absolute Gasteiger partial charge is 0.273 e. The van der Waals surface area contributed by atoms with E-state index in [4.69, 9.17) is 23.2 Å². The molecule has 0 saturated carbocycles. The number of aryl methyl sites for hydroxylation is 1. The van der Waals surface area contributed by atoms with Crippen molar-refractivity contribution in [1.29, 1.82) is 0 Å².